The molecule has 18 heavy (non-hydrogen) atoms. The van der Waals surface area contributed by atoms with Crippen molar-refractivity contribution in [3.8, 4) is 0 Å². The van der Waals surface area contributed by atoms with E-state index >= 15 is 0 Å². The second-order valence-electron chi connectivity index (χ2n) is 4.32. The number of nitrogens with one attached hydrogen (secondary N) is 1. The van der Waals surface area contributed by atoms with Crippen LogP contribution in [0.4, 0.5) is 11.5 Å². The summed E-state index contributed by atoms with van der Waals surface area (Å²) in [5.41, 5.74) is -0.0868. The molecule has 0 aromatic carbocycles. The van der Waals surface area contributed by atoms with Gasteiger partial charge in [-0.1, -0.05) is 0 Å². The molecule has 0 bridgehead atoms. The first-order valence-corrected chi connectivity index (χ1v) is 5.66. The Balaban J connectivity index is 2.07. The Labute approximate surface area is 103 Å². The van der Waals surface area contributed by atoms with E-state index in [-0.39, 0.29) is 23.5 Å². The molecule has 1 heterocycles. The van der Waals surface area contributed by atoms with Crippen molar-refractivity contribution in [1.82, 2.24) is 4.98 Å². The molecular formula is C11H13N3O4. The third kappa shape index (κ3) is 2.55. The first-order valence-electron chi connectivity index (χ1n) is 5.66. The average molecular weight is 251 g/mol. The highest BCUT2D eigenvalue weighted by Crippen LogP contribution is 2.30. The Bertz CT molecular complexity index is 477. The van der Waals surface area contributed by atoms with E-state index in [9.17, 15) is 14.9 Å². The molecule has 7 heteroatoms. The van der Waals surface area contributed by atoms with E-state index in [1.54, 1.807) is 0 Å². The van der Waals surface area contributed by atoms with Gasteiger partial charge in [0.2, 0.25) is 5.82 Å². The predicted octanol–water partition coefficient (Wildman–Crippen LogP) is 1.65. The SMILES string of the molecule is O=C(O)[C@@H]1CC[C@H](Nc2ncccc2[N+](=O)[O-])C1. The van der Waals surface area contributed by atoms with Crippen LogP contribution in [0.25, 0.3) is 0 Å². The van der Waals surface area contributed by atoms with Gasteiger partial charge in [0.05, 0.1) is 10.8 Å². The summed E-state index contributed by atoms with van der Waals surface area (Å²) in [7, 11) is 0. The highest BCUT2D eigenvalue weighted by Gasteiger charge is 2.30. The number of hydrogen-bond donors (Lipinski definition) is 2. The van der Waals surface area contributed by atoms with Gasteiger partial charge in [0, 0.05) is 18.3 Å². The molecule has 1 aliphatic rings. The van der Waals surface area contributed by atoms with E-state index < -0.39 is 10.9 Å². The topological polar surface area (TPSA) is 105 Å². The van der Waals surface area contributed by atoms with Gasteiger partial charge in [0.1, 0.15) is 0 Å². The van der Waals surface area contributed by atoms with Gasteiger partial charge >= 0.3 is 11.7 Å². The molecule has 0 aliphatic heterocycles. The van der Waals surface area contributed by atoms with Crippen LogP contribution >= 0.6 is 0 Å². The van der Waals surface area contributed by atoms with Crippen molar-refractivity contribution < 1.29 is 14.8 Å². The average Bonchev–Trinajstić information content (AvgIpc) is 2.78. The molecule has 0 radical (unpaired) electrons. The van der Waals surface area contributed by atoms with Crippen molar-refractivity contribution in [2.24, 2.45) is 5.92 Å². The predicted molar refractivity (Wildman–Crippen MR) is 63.3 cm³/mol. The molecule has 96 valence electrons. The van der Waals surface area contributed by atoms with E-state index in [1.807, 2.05) is 0 Å². The number of carbonyl (C=O) groups is 1. The Hall–Kier alpha value is -2.18. The van der Waals surface area contributed by atoms with Crippen molar-refractivity contribution in [2.45, 2.75) is 25.3 Å². The van der Waals surface area contributed by atoms with Crippen LogP contribution in [0.1, 0.15) is 19.3 Å². The molecule has 0 spiro atoms. The summed E-state index contributed by atoms with van der Waals surface area (Å²) in [5.74, 6) is -0.973. The Morgan fingerprint density at radius 2 is 2.33 bits per heavy atom. The quantitative estimate of drug-likeness (QED) is 0.622. The van der Waals surface area contributed by atoms with Crippen molar-refractivity contribution in [1.29, 1.82) is 0 Å². The number of rotatable bonds is 4. The number of hydrogen-bond acceptors (Lipinski definition) is 5. The third-order valence-electron chi connectivity index (χ3n) is 3.11. The van der Waals surface area contributed by atoms with Gasteiger partial charge in [-0.2, -0.15) is 0 Å². The van der Waals surface area contributed by atoms with Crippen LogP contribution in [-0.2, 0) is 4.79 Å². The second-order valence-corrected chi connectivity index (χ2v) is 4.32. The molecular weight excluding hydrogens is 238 g/mol. The fourth-order valence-corrected chi connectivity index (χ4v) is 2.19. The highest BCUT2D eigenvalue weighted by molar-refractivity contribution is 5.70. The van der Waals surface area contributed by atoms with Crippen molar-refractivity contribution in [2.75, 3.05) is 5.32 Å². The van der Waals surface area contributed by atoms with Gasteiger partial charge in [0.15, 0.2) is 0 Å². The molecule has 2 rings (SSSR count). The maximum atomic E-state index is 10.8. The summed E-state index contributed by atoms with van der Waals surface area (Å²) >= 11 is 0. The van der Waals surface area contributed by atoms with Crippen molar-refractivity contribution in [3.63, 3.8) is 0 Å². The minimum absolute atomic E-state index is 0.0697. The molecule has 1 aromatic heterocycles. The van der Waals surface area contributed by atoms with Gasteiger partial charge in [-0.25, -0.2) is 4.98 Å². The summed E-state index contributed by atoms with van der Waals surface area (Å²) < 4.78 is 0. The van der Waals surface area contributed by atoms with Gasteiger partial charge in [0.25, 0.3) is 0 Å². The first kappa shape index (κ1) is 12.3. The lowest BCUT2D eigenvalue weighted by Gasteiger charge is -2.12. The van der Waals surface area contributed by atoms with E-state index in [1.165, 1.54) is 18.3 Å². The summed E-state index contributed by atoms with van der Waals surface area (Å²) in [5, 5.41) is 22.6. The van der Waals surface area contributed by atoms with E-state index in [2.05, 4.69) is 10.3 Å². The van der Waals surface area contributed by atoms with Crippen molar-refractivity contribution in [3.05, 3.63) is 28.4 Å². The summed E-state index contributed by atoms with van der Waals surface area (Å²) in [6, 6.07) is 2.80. The van der Waals surface area contributed by atoms with Gasteiger partial charge in [-0.15, -0.1) is 0 Å². The summed E-state index contributed by atoms with van der Waals surface area (Å²) in [6.45, 7) is 0. The third-order valence-corrected chi connectivity index (χ3v) is 3.11. The number of aromatic nitrogens is 1. The van der Waals surface area contributed by atoms with E-state index in [0.29, 0.717) is 19.3 Å². The van der Waals surface area contributed by atoms with Crippen LogP contribution in [0.2, 0.25) is 0 Å². The Kier molecular flexibility index (Phi) is 3.40. The fraction of sp³-hybridized carbons (Fsp3) is 0.455. The van der Waals surface area contributed by atoms with Crippen LogP contribution in [0.15, 0.2) is 18.3 Å². The molecule has 1 fully saturated rings. The molecule has 0 amide bonds. The Morgan fingerprint density at radius 3 is 2.94 bits per heavy atom. The van der Waals surface area contributed by atoms with E-state index in [0.717, 1.165) is 0 Å². The van der Waals surface area contributed by atoms with Crippen LogP contribution in [0.3, 0.4) is 0 Å². The monoisotopic (exact) mass is 251 g/mol. The zero-order valence-electron chi connectivity index (χ0n) is 9.57. The van der Waals surface area contributed by atoms with Crippen LogP contribution in [0.5, 0.6) is 0 Å². The zero-order valence-corrected chi connectivity index (χ0v) is 9.57. The van der Waals surface area contributed by atoms with Gasteiger partial charge in [-0.3, -0.25) is 14.9 Å². The maximum absolute atomic E-state index is 10.8. The maximum Gasteiger partial charge on any atom is 0.311 e. The smallest absolute Gasteiger partial charge is 0.311 e. The Morgan fingerprint density at radius 1 is 1.56 bits per heavy atom. The van der Waals surface area contributed by atoms with Crippen LogP contribution < -0.4 is 5.32 Å². The molecule has 1 saturated carbocycles. The largest absolute Gasteiger partial charge is 0.481 e. The zero-order chi connectivity index (χ0) is 13.1. The molecule has 2 atom stereocenters. The first-order chi connectivity index (χ1) is 8.58. The number of anilines is 1. The number of pyridine rings is 1. The number of nitrogens with zero attached hydrogens (tertiary/aromatic N) is 2. The highest BCUT2D eigenvalue weighted by atomic mass is 16.6. The number of carboxylic acids is 1. The molecule has 1 aliphatic carbocycles. The molecule has 1 aromatic rings. The summed E-state index contributed by atoms with van der Waals surface area (Å²) in [4.78, 5) is 25.1. The molecule has 0 unspecified atom stereocenters. The van der Waals surface area contributed by atoms with Crippen LogP contribution in [0, 0.1) is 16.0 Å². The van der Waals surface area contributed by atoms with Gasteiger partial charge in [-0.05, 0) is 25.3 Å². The van der Waals surface area contributed by atoms with Crippen LogP contribution in [-0.4, -0.2) is 27.0 Å². The number of nitro groups is 1. The minimum Gasteiger partial charge on any atom is -0.481 e. The minimum atomic E-state index is -0.810. The van der Waals surface area contributed by atoms with E-state index in [4.69, 9.17) is 5.11 Å². The number of aliphatic carboxylic acids is 1. The lowest BCUT2D eigenvalue weighted by molar-refractivity contribution is -0.384. The second kappa shape index (κ2) is 4.99. The molecule has 7 nitrogen and oxygen atoms in total. The molecule has 2 N–H and O–H groups in total. The van der Waals surface area contributed by atoms with Crippen molar-refractivity contribution >= 4 is 17.5 Å². The standard InChI is InChI=1S/C11H13N3O4/c15-11(16)7-3-4-8(6-7)13-10-9(14(17)18)2-1-5-12-10/h1-2,5,7-8H,3-4,6H2,(H,12,13)(H,15,16)/t7-,8+/m1/s1. The lowest BCUT2D eigenvalue weighted by Crippen LogP contribution is -2.19. The fourth-order valence-electron chi connectivity index (χ4n) is 2.19. The normalized spacial score (nSPS) is 22.7. The number of carboxylic acid groups (broad SMARTS) is 1. The lowest BCUT2D eigenvalue weighted by atomic mass is 10.1. The molecule has 0 saturated heterocycles. The van der Waals surface area contributed by atoms with Gasteiger partial charge < -0.3 is 10.4 Å². The summed E-state index contributed by atoms with van der Waals surface area (Å²) in [6.07, 6.45) is 3.22.